The quantitative estimate of drug-likeness (QED) is 0.796. The number of carbonyl (C=O) groups excluding carboxylic acids is 1. The Balaban J connectivity index is 2.48. The Hall–Kier alpha value is -1.35. The summed E-state index contributed by atoms with van der Waals surface area (Å²) in [7, 11) is 0. The van der Waals surface area contributed by atoms with Gasteiger partial charge in [0.05, 0.1) is 0 Å². The summed E-state index contributed by atoms with van der Waals surface area (Å²) in [5.41, 5.74) is 1.90. The zero-order valence-electron chi connectivity index (χ0n) is 10.6. The second-order valence-electron chi connectivity index (χ2n) is 4.44. The van der Waals surface area contributed by atoms with Crippen LogP contribution in [0.5, 0.6) is 0 Å². The summed E-state index contributed by atoms with van der Waals surface area (Å²) in [6.07, 6.45) is 2.23. The minimum Gasteiger partial charge on any atom is -0.396 e. The summed E-state index contributed by atoms with van der Waals surface area (Å²) in [5.74, 6) is 0.484. The smallest absolute Gasteiger partial charge is 0.224 e. The van der Waals surface area contributed by atoms with Crippen LogP contribution in [0, 0.1) is 5.92 Å². The molecule has 1 aromatic carbocycles. The Kier molecular flexibility index (Phi) is 5.70. The largest absolute Gasteiger partial charge is 0.396 e. The number of hydrogen-bond acceptors (Lipinski definition) is 2. The Morgan fingerprint density at radius 2 is 2.00 bits per heavy atom. The van der Waals surface area contributed by atoms with Crippen molar-refractivity contribution in [1.29, 1.82) is 0 Å². The van der Waals surface area contributed by atoms with Crippen molar-refractivity contribution in [1.82, 2.24) is 0 Å². The molecule has 3 nitrogen and oxygen atoms in total. The van der Waals surface area contributed by atoms with Crippen LogP contribution in [0.1, 0.15) is 32.3 Å². The highest BCUT2D eigenvalue weighted by Crippen LogP contribution is 2.12. The van der Waals surface area contributed by atoms with E-state index in [0.717, 1.165) is 17.7 Å². The van der Waals surface area contributed by atoms with E-state index in [1.54, 1.807) is 0 Å². The number of carbonyl (C=O) groups is 1. The van der Waals surface area contributed by atoms with Crippen LogP contribution < -0.4 is 5.32 Å². The first-order valence-electron chi connectivity index (χ1n) is 6.15. The van der Waals surface area contributed by atoms with Crippen LogP contribution in [-0.4, -0.2) is 17.6 Å². The Morgan fingerprint density at radius 1 is 1.35 bits per heavy atom. The van der Waals surface area contributed by atoms with Gasteiger partial charge < -0.3 is 10.4 Å². The van der Waals surface area contributed by atoms with Gasteiger partial charge in [-0.15, -0.1) is 0 Å². The molecule has 0 bridgehead atoms. The molecule has 1 amide bonds. The lowest BCUT2D eigenvalue weighted by Crippen LogP contribution is -2.14. The van der Waals surface area contributed by atoms with Crippen molar-refractivity contribution in [3.63, 3.8) is 0 Å². The molecule has 0 radical (unpaired) electrons. The normalized spacial score (nSPS) is 12.2. The first-order valence-corrected chi connectivity index (χ1v) is 6.15. The van der Waals surface area contributed by atoms with E-state index in [2.05, 4.69) is 19.2 Å². The van der Waals surface area contributed by atoms with Gasteiger partial charge in [-0.1, -0.05) is 32.4 Å². The molecule has 0 spiro atoms. The number of aliphatic hydroxyl groups is 1. The summed E-state index contributed by atoms with van der Waals surface area (Å²) >= 11 is 0. The molecule has 1 aromatic rings. The molecule has 0 saturated heterocycles. The van der Waals surface area contributed by atoms with Crippen molar-refractivity contribution < 1.29 is 9.90 Å². The summed E-state index contributed by atoms with van der Waals surface area (Å²) in [4.78, 5) is 11.6. The maximum absolute atomic E-state index is 11.6. The lowest BCUT2D eigenvalue weighted by atomic mass is 10.0. The van der Waals surface area contributed by atoms with Gasteiger partial charge in [-0.2, -0.15) is 0 Å². The van der Waals surface area contributed by atoms with Crippen LogP contribution >= 0.6 is 0 Å². The third-order valence-electron chi connectivity index (χ3n) is 2.87. The van der Waals surface area contributed by atoms with E-state index >= 15 is 0 Å². The van der Waals surface area contributed by atoms with Gasteiger partial charge in [-0.05, 0) is 30.0 Å². The number of nitrogens with one attached hydrogen (secondary N) is 1. The fourth-order valence-corrected chi connectivity index (χ4v) is 1.56. The second-order valence-corrected chi connectivity index (χ2v) is 4.44. The van der Waals surface area contributed by atoms with Crippen LogP contribution in [0.25, 0.3) is 0 Å². The Labute approximate surface area is 103 Å². The van der Waals surface area contributed by atoms with Crippen molar-refractivity contribution >= 4 is 11.6 Å². The molecule has 0 saturated carbocycles. The Bertz CT molecular complexity index is 346. The van der Waals surface area contributed by atoms with Crippen LogP contribution in [0.2, 0.25) is 0 Å². The predicted molar refractivity (Wildman–Crippen MR) is 69.9 cm³/mol. The minimum absolute atomic E-state index is 0.0641. The maximum atomic E-state index is 11.6. The molecule has 0 aromatic heterocycles. The zero-order chi connectivity index (χ0) is 12.7. The first kappa shape index (κ1) is 13.7. The van der Waals surface area contributed by atoms with E-state index in [0.29, 0.717) is 18.8 Å². The monoisotopic (exact) mass is 235 g/mol. The van der Waals surface area contributed by atoms with Crippen molar-refractivity contribution in [2.45, 2.75) is 33.1 Å². The highest BCUT2D eigenvalue weighted by atomic mass is 16.2. The molecule has 0 aliphatic heterocycles. The Morgan fingerprint density at radius 3 is 2.53 bits per heavy atom. The van der Waals surface area contributed by atoms with E-state index in [9.17, 15) is 4.79 Å². The second kappa shape index (κ2) is 7.07. The third kappa shape index (κ3) is 5.00. The molecule has 2 N–H and O–H groups in total. The van der Waals surface area contributed by atoms with Crippen molar-refractivity contribution in [2.75, 3.05) is 11.9 Å². The van der Waals surface area contributed by atoms with Gasteiger partial charge in [0.1, 0.15) is 0 Å². The lowest BCUT2D eigenvalue weighted by molar-refractivity contribution is -0.117. The SMILES string of the molecule is CCC(C)CC(=O)Nc1ccc(CCO)cc1. The van der Waals surface area contributed by atoms with E-state index in [4.69, 9.17) is 5.11 Å². The minimum atomic E-state index is 0.0641. The fourth-order valence-electron chi connectivity index (χ4n) is 1.56. The molecular formula is C14H21NO2. The van der Waals surface area contributed by atoms with Gasteiger partial charge in [0, 0.05) is 18.7 Å². The number of rotatable bonds is 6. The highest BCUT2D eigenvalue weighted by Gasteiger charge is 2.07. The van der Waals surface area contributed by atoms with Crippen LogP contribution in [0.3, 0.4) is 0 Å². The van der Waals surface area contributed by atoms with E-state index < -0.39 is 0 Å². The van der Waals surface area contributed by atoms with Gasteiger partial charge in [-0.25, -0.2) is 0 Å². The summed E-state index contributed by atoms with van der Waals surface area (Å²) in [5, 5.41) is 11.7. The van der Waals surface area contributed by atoms with Gasteiger partial charge in [-0.3, -0.25) is 4.79 Å². The van der Waals surface area contributed by atoms with Gasteiger partial charge in [0.15, 0.2) is 0 Å². The van der Waals surface area contributed by atoms with Gasteiger partial charge >= 0.3 is 0 Å². The molecule has 0 aliphatic carbocycles. The molecule has 1 rings (SSSR count). The molecular weight excluding hydrogens is 214 g/mol. The number of benzene rings is 1. The van der Waals surface area contributed by atoms with Gasteiger partial charge in [0.2, 0.25) is 5.91 Å². The lowest BCUT2D eigenvalue weighted by Gasteiger charge is -2.09. The van der Waals surface area contributed by atoms with Crippen molar-refractivity contribution in [3.8, 4) is 0 Å². The van der Waals surface area contributed by atoms with Crippen molar-refractivity contribution in [3.05, 3.63) is 29.8 Å². The van der Waals surface area contributed by atoms with E-state index in [1.807, 2.05) is 24.3 Å². The summed E-state index contributed by atoms with van der Waals surface area (Å²) in [6, 6.07) is 7.60. The number of aliphatic hydroxyl groups excluding tert-OH is 1. The standard InChI is InChI=1S/C14H21NO2/c1-3-11(2)10-14(17)15-13-6-4-12(5-7-13)8-9-16/h4-7,11,16H,3,8-10H2,1-2H3,(H,15,17). The van der Waals surface area contributed by atoms with Crippen molar-refractivity contribution in [2.24, 2.45) is 5.92 Å². The number of anilines is 1. The molecule has 17 heavy (non-hydrogen) atoms. The molecule has 1 atom stereocenters. The summed E-state index contributed by atoms with van der Waals surface area (Å²) in [6.45, 7) is 4.31. The van der Waals surface area contributed by atoms with Crippen LogP contribution in [-0.2, 0) is 11.2 Å². The van der Waals surface area contributed by atoms with E-state index in [1.165, 1.54) is 0 Å². The summed E-state index contributed by atoms with van der Waals surface area (Å²) < 4.78 is 0. The average Bonchev–Trinajstić information content (AvgIpc) is 2.31. The molecule has 1 unspecified atom stereocenters. The molecule has 0 fully saturated rings. The number of hydrogen-bond donors (Lipinski definition) is 2. The zero-order valence-corrected chi connectivity index (χ0v) is 10.6. The fraction of sp³-hybridized carbons (Fsp3) is 0.500. The van der Waals surface area contributed by atoms with Gasteiger partial charge in [0.25, 0.3) is 0 Å². The maximum Gasteiger partial charge on any atom is 0.224 e. The molecule has 0 heterocycles. The number of amides is 1. The third-order valence-corrected chi connectivity index (χ3v) is 2.87. The molecule has 94 valence electrons. The first-order chi connectivity index (χ1) is 8.15. The highest BCUT2D eigenvalue weighted by molar-refractivity contribution is 5.90. The van der Waals surface area contributed by atoms with Crippen LogP contribution in [0.4, 0.5) is 5.69 Å². The van der Waals surface area contributed by atoms with E-state index in [-0.39, 0.29) is 12.5 Å². The molecule has 0 aliphatic rings. The predicted octanol–water partition coefficient (Wildman–Crippen LogP) is 2.60. The van der Waals surface area contributed by atoms with Crippen LogP contribution in [0.15, 0.2) is 24.3 Å². The molecule has 3 heteroatoms. The average molecular weight is 235 g/mol. The topological polar surface area (TPSA) is 49.3 Å².